The summed E-state index contributed by atoms with van der Waals surface area (Å²) >= 11 is 0. The molecule has 4 nitrogen and oxygen atoms in total. The number of nitrogens with zero attached hydrogens (tertiary/aromatic N) is 4. The Morgan fingerprint density at radius 2 is 0.957 bits per heavy atom. The van der Waals surface area contributed by atoms with E-state index in [2.05, 4.69) is 103 Å². The number of hydrogen-bond acceptors (Lipinski definition) is 4. The van der Waals surface area contributed by atoms with Crippen LogP contribution in [0.4, 0.5) is 0 Å². The molecule has 0 saturated carbocycles. The Labute approximate surface area is 265 Å². The fraction of sp³-hybridized carbons (Fsp3) is 0. The molecule has 0 aliphatic rings. The molecule has 0 saturated heterocycles. The number of aromatic nitrogens is 4. The molecule has 6 aromatic carbocycles. The smallest absolute Gasteiger partial charge is 0.160 e. The Morgan fingerprint density at radius 3 is 1.63 bits per heavy atom. The molecule has 3 heterocycles. The molecule has 0 aliphatic carbocycles. The van der Waals surface area contributed by atoms with Crippen LogP contribution in [0.2, 0.25) is 0 Å². The number of rotatable bonds is 4. The van der Waals surface area contributed by atoms with Gasteiger partial charge in [-0.1, -0.05) is 133 Å². The summed E-state index contributed by atoms with van der Waals surface area (Å²) in [6.07, 6.45) is 1.88. The molecule has 0 radical (unpaired) electrons. The molecular formula is C42H26N4. The quantitative estimate of drug-likeness (QED) is 0.193. The van der Waals surface area contributed by atoms with Gasteiger partial charge >= 0.3 is 0 Å². The lowest BCUT2D eigenvalue weighted by molar-refractivity contribution is 1.18. The zero-order valence-corrected chi connectivity index (χ0v) is 24.8. The summed E-state index contributed by atoms with van der Waals surface area (Å²) < 4.78 is 0. The lowest BCUT2D eigenvalue weighted by Gasteiger charge is -2.16. The van der Waals surface area contributed by atoms with E-state index in [1.165, 1.54) is 0 Å². The summed E-state index contributed by atoms with van der Waals surface area (Å²) in [5.41, 5.74) is 8.67. The van der Waals surface area contributed by atoms with Crippen LogP contribution in [0.1, 0.15) is 0 Å². The van der Waals surface area contributed by atoms with Gasteiger partial charge in [-0.25, -0.2) is 15.0 Å². The predicted octanol–water partition coefficient (Wildman–Crippen LogP) is 10.5. The van der Waals surface area contributed by atoms with Crippen molar-refractivity contribution in [2.45, 2.75) is 0 Å². The monoisotopic (exact) mass is 586 g/mol. The van der Waals surface area contributed by atoms with E-state index in [-0.39, 0.29) is 0 Å². The topological polar surface area (TPSA) is 51.6 Å². The summed E-state index contributed by atoms with van der Waals surface area (Å²) in [5, 5.41) is 6.75. The van der Waals surface area contributed by atoms with Crippen molar-refractivity contribution in [1.82, 2.24) is 19.9 Å². The molecule has 3 aromatic heterocycles. The summed E-state index contributed by atoms with van der Waals surface area (Å²) in [4.78, 5) is 20.5. The van der Waals surface area contributed by atoms with E-state index < -0.39 is 0 Å². The van der Waals surface area contributed by atoms with Gasteiger partial charge in [-0.2, -0.15) is 0 Å². The molecule has 0 atom stereocenters. The zero-order valence-electron chi connectivity index (χ0n) is 24.8. The maximum Gasteiger partial charge on any atom is 0.160 e. The average molecular weight is 587 g/mol. The van der Waals surface area contributed by atoms with Crippen LogP contribution < -0.4 is 0 Å². The Hall–Kier alpha value is -6.26. The molecule has 9 aromatic rings. The predicted molar refractivity (Wildman–Crippen MR) is 189 cm³/mol. The Morgan fingerprint density at radius 1 is 0.370 bits per heavy atom. The second-order valence-electron chi connectivity index (χ2n) is 11.4. The summed E-state index contributed by atoms with van der Waals surface area (Å²) in [6.45, 7) is 0. The highest BCUT2D eigenvalue weighted by atomic mass is 14.9. The van der Waals surface area contributed by atoms with E-state index in [1.807, 2.05) is 54.7 Å². The van der Waals surface area contributed by atoms with Gasteiger partial charge in [0.15, 0.2) is 5.82 Å². The fourth-order valence-electron chi connectivity index (χ4n) is 6.57. The van der Waals surface area contributed by atoms with Crippen molar-refractivity contribution in [1.29, 1.82) is 0 Å². The largest absolute Gasteiger partial charge is 0.256 e. The van der Waals surface area contributed by atoms with Gasteiger partial charge in [0.2, 0.25) is 0 Å². The molecule has 0 aliphatic heterocycles. The summed E-state index contributed by atoms with van der Waals surface area (Å²) in [6, 6.07) is 52.3. The van der Waals surface area contributed by atoms with Crippen molar-refractivity contribution in [3.05, 3.63) is 158 Å². The third-order valence-electron chi connectivity index (χ3n) is 8.69. The highest BCUT2D eigenvalue weighted by Crippen LogP contribution is 2.42. The first-order chi connectivity index (χ1) is 22.8. The van der Waals surface area contributed by atoms with Crippen molar-refractivity contribution in [2.24, 2.45) is 0 Å². The third-order valence-corrected chi connectivity index (χ3v) is 8.69. The molecule has 4 heteroatoms. The van der Waals surface area contributed by atoms with Crippen molar-refractivity contribution < 1.29 is 0 Å². The Balaban J connectivity index is 1.36. The third kappa shape index (κ3) is 4.31. The molecule has 0 unspecified atom stereocenters. The van der Waals surface area contributed by atoms with Gasteiger partial charge in [-0.05, 0) is 23.6 Å². The first-order valence-electron chi connectivity index (χ1n) is 15.4. The van der Waals surface area contributed by atoms with Crippen LogP contribution in [0, 0.1) is 0 Å². The van der Waals surface area contributed by atoms with E-state index in [0.717, 1.165) is 82.7 Å². The van der Waals surface area contributed by atoms with Crippen LogP contribution in [0.5, 0.6) is 0 Å². The van der Waals surface area contributed by atoms with Crippen molar-refractivity contribution in [3.63, 3.8) is 0 Å². The van der Waals surface area contributed by atoms with Gasteiger partial charge in [0, 0.05) is 55.4 Å². The summed E-state index contributed by atoms with van der Waals surface area (Å²) in [5.74, 6) is 0.662. The van der Waals surface area contributed by atoms with Crippen LogP contribution >= 0.6 is 0 Å². The second kappa shape index (κ2) is 10.7. The maximum absolute atomic E-state index is 5.40. The molecule has 46 heavy (non-hydrogen) atoms. The molecule has 9 rings (SSSR count). The zero-order chi connectivity index (χ0) is 30.5. The molecule has 214 valence electrons. The van der Waals surface area contributed by atoms with Crippen LogP contribution in [0.25, 0.3) is 88.5 Å². The van der Waals surface area contributed by atoms with Crippen LogP contribution in [0.3, 0.4) is 0 Å². The minimum Gasteiger partial charge on any atom is -0.256 e. The van der Waals surface area contributed by atoms with E-state index >= 15 is 0 Å². The van der Waals surface area contributed by atoms with Crippen molar-refractivity contribution >= 4 is 43.4 Å². The molecular weight excluding hydrogens is 560 g/mol. The van der Waals surface area contributed by atoms with Gasteiger partial charge < -0.3 is 0 Å². The molecule has 0 fully saturated rings. The highest BCUT2D eigenvalue weighted by molar-refractivity contribution is 6.32. The van der Waals surface area contributed by atoms with Gasteiger partial charge in [0.1, 0.15) is 0 Å². The summed E-state index contributed by atoms with van der Waals surface area (Å²) in [7, 11) is 0. The molecule has 0 amide bonds. The van der Waals surface area contributed by atoms with Gasteiger partial charge in [0.05, 0.1) is 28.1 Å². The van der Waals surface area contributed by atoms with Crippen LogP contribution in [0.15, 0.2) is 158 Å². The SMILES string of the molecule is c1ccc(-c2cc(-c3ccccc3)nc(-c3ccc4c(c3)nc(-c3ccccc3)c3c5ccccc5c5ncccc5c43)n2)cc1. The second-order valence-corrected chi connectivity index (χ2v) is 11.4. The van der Waals surface area contributed by atoms with Crippen molar-refractivity contribution in [2.75, 3.05) is 0 Å². The Bertz CT molecular complexity index is 2510. The fourth-order valence-corrected chi connectivity index (χ4v) is 6.57. The van der Waals surface area contributed by atoms with Gasteiger partial charge in [0.25, 0.3) is 0 Å². The first kappa shape index (κ1) is 26.2. The van der Waals surface area contributed by atoms with Gasteiger partial charge in [-0.3, -0.25) is 4.98 Å². The lowest BCUT2D eigenvalue weighted by Crippen LogP contribution is -1.97. The van der Waals surface area contributed by atoms with Crippen LogP contribution in [-0.2, 0) is 0 Å². The van der Waals surface area contributed by atoms with E-state index in [1.54, 1.807) is 0 Å². The highest BCUT2D eigenvalue weighted by Gasteiger charge is 2.19. The van der Waals surface area contributed by atoms with Gasteiger partial charge in [-0.15, -0.1) is 0 Å². The average Bonchev–Trinajstić information content (AvgIpc) is 3.15. The number of benzene rings is 6. The Kier molecular flexibility index (Phi) is 6.10. The number of pyridine rings is 2. The number of fused-ring (bicyclic) bond motifs is 8. The first-order valence-corrected chi connectivity index (χ1v) is 15.4. The lowest BCUT2D eigenvalue weighted by atomic mass is 9.91. The molecule has 0 spiro atoms. The minimum atomic E-state index is 0.662. The normalized spacial score (nSPS) is 11.5. The number of hydrogen-bond donors (Lipinski definition) is 0. The standard InChI is InChI=1S/C42H26N4/c1-4-13-27(14-5-1)35-26-36(28-15-6-2-7-16-28)46-42(45-35)30-22-23-33-37(25-30)44-40(29-17-8-3-9-18-29)39-31-19-10-11-20-32(31)41-34(38(33)39)21-12-24-43-41/h1-26H. The van der Waals surface area contributed by atoms with E-state index in [0.29, 0.717) is 5.82 Å². The van der Waals surface area contributed by atoms with Crippen molar-refractivity contribution in [3.8, 4) is 45.2 Å². The molecule has 0 bridgehead atoms. The minimum absolute atomic E-state index is 0.662. The van der Waals surface area contributed by atoms with E-state index in [4.69, 9.17) is 19.9 Å². The van der Waals surface area contributed by atoms with Crippen LogP contribution in [-0.4, -0.2) is 19.9 Å². The maximum atomic E-state index is 5.40. The molecule has 0 N–H and O–H groups in total. The van der Waals surface area contributed by atoms with E-state index in [9.17, 15) is 0 Å².